The number of hydrogen-bond acceptors (Lipinski definition) is 3. The molecule has 6 heteroatoms. The minimum atomic E-state index is -0.215. The summed E-state index contributed by atoms with van der Waals surface area (Å²) in [5.74, 6) is 0. The van der Waals surface area contributed by atoms with Crippen molar-refractivity contribution >= 4 is 66.0 Å². The van der Waals surface area contributed by atoms with Crippen LogP contribution in [0.1, 0.15) is 46.4 Å². The molecule has 49 heavy (non-hydrogen) atoms. The molecule has 0 saturated carbocycles. The number of fused-ring (bicyclic) bond motifs is 8. The zero-order chi connectivity index (χ0) is 33.5. The van der Waals surface area contributed by atoms with Gasteiger partial charge in [0.05, 0.1) is 0 Å². The molecule has 8 rings (SSSR count). The summed E-state index contributed by atoms with van der Waals surface area (Å²) in [7, 11) is 0. The number of nitrogens with one attached hydrogen (secondary N) is 2. The second-order valence-electron chi connectivity index (χ2n) is 12.5. The van der Waals surface area contributed by atoms with E-state index in [1.165, 1.54) is 11.1 Å². The van der Waals surface area contributed by atoms with Gasteiger partial charge in [-0.25, -0.2) is 0 Å². The van der Waals surface area contributed by atoms with Gasteiger partial charge in [-0.15, -0.1) is 0 Å². The summed E-state index contributed by atoms with van der Waals surface area (Å²) in [6.07, 6.45) is 8.43. The molecule has 8 bridgehead atoms. The fourth-order valence-electron chi connectivity index (χ4n) is 6.55. The van der Waals surface area contributed by atoms with Crippen molar-refractivity contribution in [2.75, 3.05) is 0 Å². The van der Waals surface area contributed by atoms with E-state index in [0.29, 0.717) is 5.32 Å². The van der Waals surface area contributed by atoms with E-state index in [0.717, 1.165) is 83.8 Å². The molecule has 0 fully saturated rings. The van der Waals surface area contributed by atoms with Gasteiger partial charge in [0.25, 0.3) is 0 Å². The number of H-pyrrole nitrogens is 2. The Labute approximate surface area is 291 Å². The fourth-order valence-corrected chi connectivity index (χ4v) is 7.91. The molecule has 3 aromatic heterocycles. The summed E-state index contributed by atoms with van der Waals surface area (Å²) in [6.45, 7) is 5.88. The third-order valence-electron chi connectivity index (χ3n) is 9.03. The number of rotatable bonds is 6. The Kier molecular flexibility index (Phi) is 8.04. The van der Waals surface area contributed by atoms with Crippen molar-refractivity contribution in [2.45, 2.75) is 26.1 Å². The van der Waals surface area contributed by atoms with Crippen LogP contribution in [0.2, 0.25) is 0 Å². The van der Waals surface area contributed by atoms with Gasteiger partial charge < -0.3 is 0 Å². The second-order valence-corrected chi connectivity index (χ2v) is 14.9. The molecule has 6 aromatic rings. The van der Waals surface area contributed by atoms with Crippen molar-refractivity contribution in [3.05, 3.63) is 143 Å². The molecule has 0 unspecified atom stereocenters. The quantitative estimate of drug-likeness (QED) is 0.170. The Balaban J connectivity index is 1.54. The van der Waals surface area contributed by atoms with Crippen LogP contribution in [0.15, 0.2) is 103 Å². The maximum absolute atomic E-state index is 12.3. The fraction of sp³-hybridized carbons (Fsp3) is 0.0930. The van der Waals surface area contributed by atoms with E-state index >= 15 is 0 Å². The van der Waals surface area contributed by atoms with Crippen LogP contribution in [0, 0.1) is 13.8 Å². The monoisotopic (exact) mass is 702 g/mol. The predicted molar refractivity (Wildman–Crippen MR) is 205 cm³/mol. The Bertz CT molecular complexity index is 2420. The third-order valence-corrected chi connectivity index (χ3v) is 10.8. The van der Waals surface area contributed by atoms with E-state index in [1.807, 2.05) is 6.07 Å². The SMILES string of the molecule is CC(=O)[Se]Cc1c2nc(c(-c3ccc(C)cc3)c3ccc([nH]3)c(-c3ccccc3)c3nc(c(-c4ccc(C)cc4)c4ccc1[nH]4)C=C3)C=C2. The zero-order valence-corrected chi connectivity index (χ0v) is 29.3. The predicted octanol–water partition coefficient (Wildman–Crippen LogP) is 10.0. The van der Waals surface area contributed by atoms with Crippen LogP contribution < -0.4 is 0 Å². The summed E-state index contributed by atoms with van der Waals surface area (Å²) in [4.78, 5) is 30.5. The Morgan fingerprint density at radius 1 is 0.531 bits per heavy atom. The van der Waals surface area contributed by atoms with Crippen molar-refractivity contribution in [1.29, 1.82) is 0 Å². The summed E-state index contributed by atoms with van der Waals surface area (Å²) in [5.41, 5.74) is 17.1. The maximum atomic E-state index is 12.3. The molecule has 2 aliphatic rings. The van der Waals surface area contributed by atoms with Crippen LogP contribution in [0.4, 0.5) is 0 Å². The molecular weight excluding hydrogens is 667 g/mol. The zero-order valence-electron chi connectivity index (χ0n) is 27.5. The van der Waals surface area contributed by atoms with Crippen LogP contribution >= 0.6 is 0 Å². The van der Waals surface area contributed by atoms with Gasteiger partial charge in [-0.05, 0) is 0 Å². The molecule has 5 heterocycles. The molecule has 0 amide bonds. The molecule has 0 aliphatic carbocycles. The summed E-state index contributed by atoms with van der Waals surface area (Å²) >= 11 is -0.215. The van der Waals surface area contributed by atoms with Gasteiger partial charge in [0.2, 0.25) is 0 Å². The van der Waals surface area contributed by atoms with Crippen LogP contribution in [0.3, 0.4) is 0 Å². The van der Waals surface area contributed by atoms with Gasteiger partial charge in [0.1, 0.15) is 0 Å². The van der Waals surface area contributed by atoms with Gasteiger partial charge in [0.15, 0.2) is 0 Å². The van der Waals surface area contributed by atoms with E-state index in [-0.39, 0.29) is 19.6 Å². The second kappa shape index (κ2) is 12.8. The number of aryl methyl sites for hydroxylation is 2. The van der Waals surface area contributed by atoms with Crippen LogP contribution in [-0.4, -0.2) is 39.6 Å². The number of aromatic nitrogens is 4. The van der Waals surface area contributed by atoms with Crippen molar-refractivity contribution in [1.82, 2.24) is 19.9 Å². The van der Waals surface area contributed by atoms with E-state index in [4.69, 9.17) is 9.97 Å². The Hall–Kier alpha value is -5.55. The Morgan fingerprint density at radius 2 is 0.939 bits per heavy atom. The van der Waals surface area contributed by atoms with E-state index in [1.54, 1.807) is 6.92 Å². The average molecular weight is 702 g/mol. The van der Waals surface area contributed by atoms with Crippen LogP contribution in [0.5, 0.6) is 0 Å². The first-order valence-electron chi connectivity index (χ1n) is 16.4. The number of hydrogen-bond donors (Lipinski definition) is 2. The third kappa shape index (κ3) is 6.02. The van der Waals surface area contributed by atoms with Gasteiger partial charge in [-0.2, -0.15) is 0 Å². The van der Waals surface area contributed by atoms with Gasteiger partial charge in [-0.1, -0.05) is 18.2 Å². The molecular formula is C43H34N4OSe. The van der Waals surface area contributed by atoms with Crippen molar-refractivity contribution in [3.8, 4) is 33.4 Å². The van der Waals surface area contributed by atoms with Gasteiger partial charge in [-0.3, -0.25) is 0 Å². The minimum absolute atomic E-state index is 0.211. The molecule has 0 spiro atoms. The molecule has 0 atom stereocenters. The number of carbonyl (C=O) groups excluding carboxylic acids is 1. The van der Waals surface area contributed by atoms with Crippen LogP contribution in [-0.2, 0) is 10.1 Å². The van der Waals surface area contributed by atoms with Crippen molar-refractivity contribution in [2.24, 2.45) is 0 Å². The Morgan fingerprint density at radius 3 is 1.43 bits per heavy atom. The normalized spacial score (nSPS) is 12.1. The number of benzene rings is 3. The molecule has 3 aromatic carbocycles. The number of nitrogens with zero attached hydrogens (tertiary/aromatic N) is 2. The van der Waals surface area contributed by atoms with E-state index < -0.39 is 0 Å². The van der Waals surface area contributed by atoms with Crippen molar-refractivity contribution in [3.63, 3.8) is 0 Å². The first-order valence-corrected chi connectivity index (χ1v) is 18.5. The van der Waals surface area contributed by atoms with Crippen molar-refractivity contribution < 1.29 is 4.79 Å². The standard InChI is InChI=1S/C43H34N4OSe/c1-26-9-13-30(14-10-26)42-35-19-17-33(44-35)32(25-49-28(3)48)34-18-20-36(45-34)43(31-15-11-27(2)12-16-31)40-24-22-38(47-40)41(29-7-5-4-6-8-29)37-21-23-39(42)46-37/h4-24,44,47H,25H2,1-3H3. The van der Waals surface area contributed by atoms with E-state index in [2.05, 4.69) is 145 Å². The van der Waals surface area contributed by atoms with Gasteiger partial charge in [0, 0.05) is 0 Å². The number of carbonyl (C=O) groups is 1. The first-order chi connectivity index (χ1) is 23.9. The molecule has 0 radical (unpaired) electrons. The summed E-state index contributed by atoms with van der Waals surface area (Å²) in [5, 5.41) is 0.638. The molecule has 0 saturated heterocycles. The molecule has 5 nitrogen and oxygen atoms in total. The molecule has 238 valence electrons. The molecule has 2 N–H and O–H groups in total. The number of aromatic amines is 2. The summed E-state index contributed by atoms with van der Waals surface area (Å²) in [6, 6.07) is 36.2. The van der Waals surface area contributed by atoms with E-state index in [9.17, 15) is 4.79 Å². The average Bonchev–Trinajstić information content (AvgIpc) is 3.94. The summed E-state index contributed by atoms with van der Waals surface area (Å²) < 4.78 is 0.211. The topological polar surface area (TPSA) is 74.4 Å². The molecule has 2 aliphatic heterocycles. The van der Waals surface area contributed by atoms with Gasteiger partial charge >= 0.3 is 275 Å². The first kappa shape index (κ1) is 30.8. The van der Waals surface area contributed by atoms with Crippen LogP contribution in [0.25, 0.3) is 79.8 Å².